The number of aromatic nitrogens is 1. The Morgan fingerprint density at radius 2 is 2.12 bits per heavy atom. The van der Waals surface area contributed by atoms with Gasteiger partial charge in [0.1, 0.15) is 5.69 Å². The number of fused-ring (bicyclic) bond motifs is 1. The number of H-pyrrole nitrogens is 1. The lowest BCUT2D eigenvalue weighted by atomic mass is 9.94. The van der Waals surface area contributed by atoms with Crippen LogP contribution in [0, 0.1) is 5.92 Å². The number of carbonyl (C=O) groups excluding carboxylic acids is 2. The minimum Gasteiger partial charge on any atom is -0.396 e. The number of nitrogens with zero attached hydrogens (tertiary/aromatic N) is 1. The molecule has 1 aliphatic rings. The van der Waals surface area contributed by atoms with Gasteiger partial charge in [-0.25, -0.2) is 0 Å². The number of carbonyl (C=O) groups is 2. The number of aliphatic hydroxyl groups excluding tert-OH is 1. The highest BCUT2D eigenvalue weighted by Gasteiger charge is 2.28. The van der Waals surface area contributed by atoms with Crippen LogP contribution < -0.4 is 5.32 Å². The molecule has 0 bridgehead atoms. The molecule has 0 radical (unpaired) electrons. The summed E-state index contributed by atoms with van der Waals surface area (Å²) < 4.78 is 0. The molecule has 1 aliphatic heterocycles. The molecule has 1 saturated heterocycles. The number of nitrogens with one attached hydrogen (secondary N) is 2. The van der Waals surface area contributed by atoms with Crippen molar-refractivity contribution < 1.29 is 14.7 Å². The minimum absolute atomic E-state index is 0.0311. The van der Waals surface area contributed by atoms with Crippen LogP contribution in [-0.2, 0) is 4.79 Å². The molecule has 6 heteroatoms. The van der Waals surface area contributed by atoms with E-state index in [0.717, 1.165) is 23.7 Å². The monoisotopic (exact) mass is 329 g/mol. The number of aliphatic hydroxyl groups is 1. The zero-order chi connectivity index (χ0) is 17.1. The topological polar surface area (TPSA) is 85.4 Å². The van der Waals surface area contributed by atoms with Crippen LogP contribution in [-0.4, -0.2) is 52.5 Å². The summed E-state index contributed by atoms with van der Waals surface area (Å²) in [6, 6.07) is 9.57. The largest absolute Gasteiger partial charge is 0.396 e. The van der Waals surface area contributed by atoms with E-state index in [-0.39, 0.29) is 36.9 Å². The number of benzene rings is 1. The fraction of sp³-hybridized carbons (Fsp3) is 0.444. The van der Waals surface area contributed by atoms with Crippen LogP contribution in [0.15, 0.2) is 30.3 Å². The molecule has 3 N–H and O–H groups in total. The summed E-state index contributed by atoms with van der Waals surface area (Å²) in [6.07, 6.45) is 1.82. The molecule has 1 aromatic carbocycles. The van der Waals surface area contributed by atoms with Gasteiger partial charge < -0.3 is 20.3 Å². The van der Waals surface area contributed by atoms with E-state index in [9.17, 15) is 14.7 Å². The van der Waals surface area contributed by atoms with Gasteiger partial charge in [0.2, 0.25) is 5.91 Å². The molecule has 128 valence electrons. The van der Waals surface area contributed by atoms with Crippen LogP contribution >= 0.6 is 0 Å². The Hall–Kier alpha value is -2.34. The van der Waals surface area contributed by atoms with Crippen molar-refractivity contribution in [3.8, 4) is 0 Å². The number of rotatable bonds is 4. The molecule has 6 nitrogen and oxygen atoms in total. The predicted molar refractivity (Wildman–Crippen MR) is 91.6 cm³/mol. The van der Waals surface area contributed by atoms with Gasteiger partial charge in [-0.3, -0.25) is 9.59 Å². The van der Waals surface area contributed by atoms with E-state index >= 15 is 0 Å². The van der Waals surface area contributed by atoms with Crippen molar-refractivity contribution in [1.82, 2.24) is 15.2 Å². The van der Waals surface area contributed by atoms with E-state index in [2.05, 4.69) is 10.3 Å². The summed E-state index contributed by atoms with van der Waals surface area (Å²) in [5.41, 5.74) is 1.34. The third-order valence-corrected chi connectivity index (χ3v) is 4.73. The lowest BCUT2D eigenvalue weighted by Crippen LogP contribution is -2.49. The van der Waals surface area contributed by atoms with Gasteiger partial charge >= 0.3 is 0 Å². The first kappa shape index (κ1) is 16.5. The second-order valence-electron chi connectivity index (χ2n) is 6.47. The van der Waals surface area contributed by atoms with Crippen molar-refractivity contribution in [3.05, 3.63) is 36.0 Å². The second-order valence-corrected chi connectivity index (χ2v) is 6.47. The average molecular weight is 329 g/mol. The normalized spacial score (nSPS) is 21.0. The molecule has 2 amide bonds. The highest BCUT2D eigenvalue weighted by Crippen LogP contribution is 2.21. The number of piperidine rings is 1. The van der Waals surface area contributed by atoms with E-state index in [1.165, 1.54) is 0 Å². The number of hydrogen-bond acceptors (Lipinski definition) is 3. The van der Waals surface area contributed by atoms with Crippen LogP contribution in [0.5, 0.6) is 0 Å². The van der Waals surface area contributed by atoms with Crippen LogP contribution in [0.3, 0.4) is 0 Å². The van der Waals surface area contributed by atoms with Gasteiger partial charge in [-0.15, -0.1) is 0 Å². The van der Waals surface area contributed by atoms with Gasteiger partial charge in [0.05, 0.1) is 6.54 Å². The van der Waals surface area contributed by atoms with Gasteiger partial charge in [-0.1, -0.05) is 18.2 Å². The molecular weight excluding hydrogens is 306 g/mol. The van der Waals surface area contributed by atoms with E-state index < -0.39 is 0 Å². The highest BCUT2D eigenvalue weighted by atomic mass is 16.3. The zero-order valence-corrected chi connectivity index (χ0v) is 13.8. The number of likely N-dealkylation sites (tertiary alicyclic amines) is 1. The van der Waals surface area contributed by atoms with Crippen LogP contribution in [0.4, 0.5) is 0 Å². The quantitative estimate of drug-likeness (QED) is 0.795. The van der Waals surface area contributed by atoms with Gasteiger partial charge in [0.25, 0.3) is 5.91 Å². The van der Waals surface area contributed by atoms with E-state index in [1.807, 2.05) is 31.2 Å². The summed E-state index contributed by atoms with van der Waals surface area (Å²) in [5, 5.41) is 12.9. The Balaban J connectivity index is 1.60. The summed E-state index contributed by atoms with van der Waals surface area (Å²) >= 11 is 0. The van der Waals surface area contributed by atoms with Crippen LogP contribution in [0.1, 0.15) is 30.3 Å². The standard InChI is InChI=1S/C18H23N3O3/c1-12-6-7-13(11-22)10-21(12)17(23)9-19-18(24)16-8-14-4-2-3-5-15(14)20-16/h2-5,8,12-13,20,22H,6-7,9-11H2,1H3,(H,19,24). The van der Waals surface area contributed by atoms with E-state index in [0.29, 0.717) is 12.2 Å². The van der Waals surface area contributed by atoms with Crippen molar-refractivity contribution >= 4 is 22.7 Å². The molecule has 1 aromatic heterocycles. The van der Waals surface area contributed by atoms with Gasteiger partial charge in [-0.05, 0) is 37.8 Å². The maximum absolute atomic E-state index is 12.4. The maximum Gasteiger partial charge on any atom is 0.268 e. The summed E-state index contributed by atoms with van der Waals surface area (Å²) in [5.74, 6) is -0.261. The SMILES string of the molecule is CC1CCC(CO)CN1C(=O)CNC(=O)c1cc2ccccc2[nH]1. The lowest BCUT2D eigenvalue weighted by molar-refractivity contribution is -0.134. The number of hydrogen-bond donors (Lipinski definition) is 3. The fourth-order valence-electron chi connectivity index (χ4n) is 3.23. The van der Waals surface area contributed by atoms with Crippen molar-refractivity contribution in [2.24, 2.45) is 5.92 Å². The predicted octanol–water partition coefficient (Wildman–Crippen LogP) is 1.52. The summed E-state index contributed by atoms with van der Waals surface area (Å²) in [4.78, 5) is 29.5. The first-order valence-corrected chi connectivity index (χ1v) is 8.34. The van der Waals surface area contributed by atoms with Gasteiger partial charge in [0, 0.05) is 30.1 Å². The fourth-order valence-corrected chi connectivity index (χ4v) is 3.23. The Kier molecular flexibility index (Phi) is 4.85. The van der Waals surface area contributed by atoms with Crippen molar-refractivity contribution in [1.29, 1.82) is 0 Å². The maximum atomic E-state index is 12.4. The van der Waals surface area contributed by atoms with E-state index in [4.69, 9.17) is 0 Å². The first-order valence-electron chi connectivity index (χ1n) is 8.34. The van der Waals surface area contributed by atoms with Gasteiger partial charge in [-0.2, -0.15) is 0 Å². The second kappa shape index (κ2) is 7.05. The average Bonchev–Trinajstić information content (AvgIpc) is 3.04. The third kappa shape index (κ3) is 3.43. The minimum atomic E-state index is -0.289. The molecule has 0 saturated carbocycles. The Bertz CT molecular complexity index is 707. The summed E-state index contributed by atoms with van der Waals surface area (Å²) in [6.45, 7) is 2.62. The zero-order valence-electron chi connectivity index (χ0n) is 13.8. The number of para-hydroxylation sites is 1. The molecule has 2 atom stereocenters. The van der Waals surface area contributed by atoms with Crippen molar-refractivity contribution in [3.63, 3.8) is 0 Å². The van der Waals surface area contributed by atoms with Gasteiger partial charge in [0.15, 0.2) is 0 Å². The number of aromatic amines is 1. The van der Waals surface area contributed by atoms with Crippen LogP contribution in [0.25, 0.3) is 10.9 Å². The third-order valence-electron chi connectivity index (χ3n) is 4.73. The molecular formula is C18H23N3O3. The molecule has 2 heterocycles. The molecule has 24 heavy (non-hydrogen) atoms. The molecule has 2 unspecified atom stereocenters. The molecule has 1 fully saturated rings. The molecule has 2 aromatic rings. The molecule has 0 aliphatic carbocycles. The van der Waals surface area contributed by atoms with Crippen LogP contribution in [0.2, 0.25) is 0 Å². The Morgan fingerprint density at radius 1 is 1.33 bits per heavy atom. The Labute approximate surface area is 140 Å². The first-order chi connectivity index (χ1) is 11.6. The molecule has 3 rings (SSSR count). The number of amides is 2. The smallest absolute Gasteiger partial charge is 0.268 e. The summed E-state index contributed by atoms with van der Waals surface area (Å²) in [7, 11) is 0. The Morgan fingerprint density at radius 3 is 2.88 bits per heavy atom. The van der Waals surface area contributed by atoms with E-state index in [1.54, 1.807) is 11.0 Å². The van der Waals surface area contributed by atoms with Crippen molar-refractivity contribution in [2.75, 3.05) is 19.7 Å². The highest BCUT2D eigenvalue weighted by molar-refractivity contribution is 5.99. The molecule has 0 spiro atoms. The lowest BCUT2D eigenvalue weighted by Gasteiger charge is -2.37. The van der Waals surface area contributed by atoms with Crippen molar-refractivity contribution in [2.45, 2.75) is 25.8 Å².